The van der Waals surface area contributed by atoms with Crippen molar-refractivity contribution in [1.29, 1.82) is 0 Å². The minimum absolute atomic E-state index is 0. The molecule has 0 fully saturated rings. The Kier molecular flexibility index (Phi) is 11.6. The van der Waals surface area contributed by atoms with Gasteiger partial charge in [0, 0.05) is 43.8 Å². The van der Waals surface area contributed by atoms with E-state index in [1.54, 1.807) is 28.4 Å². The molecule has 4 heterocycles. The third-order valence-electron chi connectivity index (χ3n) is 14.5. The zero-order valence-electron chi connectivity index (χ0n) is 40.9. The molecule has 8 nitrogen and oxygen atoms in total. The maximum Gasteiger partial charge on any atom is 2.00 e. The fraction of sp³-hybridized carbons (Fsp3) is 0.0625. The molecule has 73 heavy (non-hydrogen) atoms. The molecule has 4 aliphatic heterocycles. The second-order valence-corrected chi connectivity index (χ2v) is 18.2. The van der Waals surface area contributed by atoms with Gasteiger partial charge in [0.2, 0.25) is 0 Å². The van der Waals surface area contributed by atoms with Gasteiger partial charge in [-0.3, -0.25) is 10.6 Å². The number of rotatable bonds is 8. The van der Waals surface area contributed by atoms with Crippen LogP contribution in [0.1, 0.15) is 0 Å². The van der Waals surface area contributed by atoms with Gasteiger partial charge in [0.05, 0.1) is 73.5 Å². The van der Waals surface area contributed by atoms with E-state index in [1.165, 1.54) is 0 Å². The molecule has 4 N–H and O–H groups in total. The van der Waals surface area contributed by atoms with Crippen molar-refractivity contribution in [3.05, 3.63) is 194 Å². The molecular weight excluding hydrogens is 954 g/mol. The van der Waals surface area contributed by atoms with Crippen LogP contribution in [0.25, 0.3) is 111 Å². The maximum atomic E-state index is 5.96. The number of aromatic nitrogens is 2. The Labute approximate surface area is 436 Å². The van der Waals surface area contributed by atoms with E-state index in [0.717, 1.165) is 157 Å². The monoisotopic (exact) mass is 1000 g/mol. The summed E-state index contributed by atoms with van der Waals surface area (Å²) in [7, 11) is 6.83. The second-order valence-electron chi connectivity index (χ2n) is 18.2. The summed E-state index contributed by atoms with van der Waals surface area (Å²) in [5.41, 5.74) is 20.1. The van der Waals surface area contributed by atoms with Crippen molar-refractivity contribution in [2.75, 3.05) is 28.4 Å². The molecule has 0 amide bonds. The van der Waals surface area contributed by atoms with Gasteiger partial charge in [-0.1, -0.05) is 121 Å². The molecule has 13 rings (SSSR count). The SMILES string of the molecule is COc1ccc(-c2c3nc(c(-c4ccc(OC)cc4)c4c5ccccc5c(c(-c5ccc(OC)cc5)c5nc(c(-c6ccc(OC)cc6)c6c7ccccc7c2[NH2+]6)-c2ccccc2-5)[NH2+]4)-c2ccccc2-3)cc1.[Zn+2]. The minimum atomic E-state index is 0. The van der Waals surface area contributed by atoms with Gasteiger partial charge in [0.25, 0.3) is 0 Å². The van der Waals surface area contributed by atoms with Crippen molar-refractivity contribution in [3.63, 3.8) is 0 Å². The van der Waals surface area contributed by atoms with Gasteiger partial charge in [-0.25, -0.2) is 9.97 Å². The van der Waals surface area contributed by atoms with Crippen molar-refractivity contribution in [1.82, 2.24) is 9.97 Å². The van der Waals surface area contributed by atoms with Gasteiger partial charge >= 0.3 is 19.5 Å². The summed E-state index contributed by atoms with van der Waals surface area (Å²) < 4.78 is 23.0. The number of benzene rings is 8. The van der Waals surface area contributed by atoms with Crippen molar-refractivity contribution in [3.8, 4) is 113 Å². The number of nitrogens with zero attached hydrogens (tertiary/aromatic N) is 2. The predicted octanol–water partition coefficient (Wildman–Crippen LogP) is 13.8. The molecule has 8 bridgehead atoms. The summed E-state index contributed by atoms with van der Waals surface area (Å²) in [6.07, 6.45) is 0. The summed E-state index contributed by atoms with van der Waals surface area (Å²) in [6.45, 7) is 0. The van der Waals surface area contributed by atoms with E-state index in [-0.39, 0.29) is 19.5 Å². The van der Waals surface area contributed by atoms with Gasteiger partial charge in [0.1, 0.15) is 23.0 Å². The molecule has 0 saturated carbocycles. The smallest absolute Gasteiger partial charge is 0.497 e. The van der Waals surface area contributed by atoms with Gasteiger partial charge in [-0.15, -0.1) is 0 Å². The molecule has 0 unspecified atom stereocenters. The first kappa shape index (κ1) is 45.7. The normalized spacial score (nSPS) is 11.9. The first-order chi connectivity index (χ1) is 35.5. The summed E-state index contributed by atoms with van der Waals surface area (Å²) in [6, 6.07) is 68.5. The molecular formula is C64H48N4O4Zn+4. The molecule has 0 saturated heterocycles. The third-order valence-corrected chi connectivity index (χ3v) is 14.5. The van der Waals surface area contributed by atoms with E-state index in [1.807, 2.05) is 48.5 Å². The first-order valence-corrected chi connectivity index (χ1v) is 24.1. The van der Waals surface area contributed by atoms with E-state index in [4.69, 9.17) is 28.9 Å². The van der Waals surface area contributed by atoms with Crippen molar-refractivity contribution in [2.45, 2.75) is 0 Å². The van der Waals surface area contributed by atoms with Crippen LogP contribution in [0.4, 0.5) is 22.7 Å². The first-order valence-electron chi connectivity index (χ1n) is 24.1. The Morgan fingerprint density at radius 3 is 0.685 bits per heavy atom. The predicted molar refractivity (Wildman–Crippen MR) is 289 cm³/mol. The molecule has 0 radical (unpaired) electrons. The molecule has 0 atom stereocenters. The van der Waals surface area contributed by atoms with Gasteiger partial charge < -0.3 is 18.9 Å². The molecule has 9 heteroatoms. The molecule has 0 spiro atoms. The molecule has 5 aliphatic rings. The quantitative estimate of drug-likeness (QED) is 0.147. The zero-order valence-corrected chi connectivity index (χ0v) is 43.8. The second kappa shape index (κ2) is 18.6. The summed E-state index contributed by atoms with van der Waals surface area (Å²) in [5, 5.41) is 9.18. The van der Waals surface area contributed by atoms with Crippen molar-refractivity contribution >= 4 is 44.3 Å². The van der Waals surface area contributed by atoms with Crippen LogP contribution in [0.2, 0.25) is 0 Å². The standard InChI is InChI=1S/C64H46N4O4.Zn/c1-69-41-29-21-37(22-30-41)53-57-45-13-5-7-15-47(45)59(65-57)54(38-23-31-42(70-2)32-24-38)61-49-17-9-11-19-51(49)63(67-61)56(40-27-35-44(72-4)36-28-40)64-52-20-12-10-18-50(52)62(68-64)55(39-25-33-43(71-3)34-26-39)60-48-16-8-6-14-46(48)58(53)66-60;/h5-36,65,68H,1-4H3;/q;+2/p+2. The Balaban J connectivity index is 0.00000543. The van der Waals surface area contributed by atoms with Crippen LogP contribution in [-0.2, 0) is 19.5 Å². The fourth-order valence-electron chi connectivity index (χ4n) is 11.1. The average Bonchev–Trinajstić information content (AvgIpc) is 4.22. The van der Waals surface area contributed by atoms with Crippen LogP contribution >= 0.6 is 0 Å². The Morgan fingerprint density at radius 2 is 0.479 bits per heavy atom. The molecule has 1 aliphatic carbocycles. The van der Waals surface area contributed by atoms with Crippen molar-refractivity contribution < 1.29 is 49.1 Å². The Hall–Kier alpha value is -8.46. The number of nitrogens with two attached hydrogens (primary N) is 2. The van der Waals surface area contributed by atoms with Crippen molar-refractivity contribution in [2.24, 2.45) is 0 Å². The Morgan fingerprint density at radius 1 is 0.274 bits per heavy atom. The van der Waals surface area contributed by atoms with Crippen LogP contribution < -0.4 is 29.6 Å². The van der Waals surface area contributed by atoms with Gasteiger partial charge in [0.15, 0.2) is 22.7 Å². The number of quaternary nitrogens is 2. The number of ether oxygens (including phenoxy) is 4. The van der Waals surface area contributed by atoms with E-state index in [0.29, 0.717) is 0 Å². The molecule has 0 aromatic heterocycles. The van der Waals surface area contributed by atoms with E-state index >= 15 is 0 Å². The average molecular weight is 1000 g/mol. The Bertz CT molecular complexity index is 3440. The summed E-state index contributed by atoms with van der Waals surface area (Å²) in [5.74, 6) is 3.12. The number of methoxy groups -OCH3 is 4. The van der Waals surface area contributed by atoms with E-state index in [9.17, 15) is 0 Å². The van der Waals surface area contributed by atoms with Gasteiger partial charge in [-0.05, 0) is 95.1 Å². The zero-order chi connectivity index (χ0) is 48.5. The topological polar surface area (TPSA) is 95.9 Å². The third kappa shape index (κ3) is 7.47. The molecule has 8 aromatic rings. The fourth-order valence-corrected chi connectivity index (χ4v) is 11.1. The van der Waals surface area contributed by atoms with Crippen LogP contribution in [0.5, 0.6) is 23.0 Å². The maximum absolute atomic E-state index is 5.96. The van der Waals surface area contributed by atoms with Crippen LogP contribution in [0.3, 0.4) is 0 Å². The number of hydrogen-bond acceptors (Lipinski definition) is 6. The molecule has 346 valence electrons. The van der Waals surface area contributed by atoms with Crippen LogP contribution in [0, 0.1) is 0 Å². The van der Waals surface area contributed by atoms with E-state index < -0.39 is 0 Å². The minimum Gasteiger partial charge on any atom is -0.497 e. The number of hydrogen-bond donors (Lipinski definition) is 2. The molecule has 8 aromatic carbocycles. The van der Waals surface area contributed by atoms with Crippen LogP contribution in [0.15, 0.2) is 194 Å². The van der Waals surface area contributed by atoms with E-state index in [2.05, 4.69) is 156 Å². The van der Waals surface area contributed by atoms with Crippen LogP contribution in [-0.4, -0.2) is 38.4 Å². The van der Waals surface area contributed by atoms with Gasteiger partial charge in [-0.2, -0.15) is 0 Å². The summed E-state index contributed by atoms with van der Waals surface area (Å²) in [4.78, 5) is 11.9. The summed E-state index contributed by atoms with van der Waals surface area (Å²) >= 11 is 0. The largest absolute Gasteiger partial charge is 2.00 e.